The Bertz CT molecular complexity index is 424. The lowest BCUT2D eigenvalue weighted by Gasteiger charge is -2.32. The summed E-state index contributed by atoms with van der Waals surface area (Å²) in [6.45, 7) is 3.45. The Morgan fingerprint density at radius 3 is 2.85 bits per heavy atom. The van der Waals surface area contributed by atoms with Crippen molar-refractivity contribution in [2.45, 2.75) is 38.3 Å². The van der Waals surface area contributed by atoms with Crippen LogP contribution < -0.4 is 11.1 Å². The van der Waals surface area contributed by atoms with E-state index in [0.29, 0.717) is 25.7 Å². The lowest BCUT2D eigenvalue weighted by molar-refractivity contribution is 0.179. The van der Waals surface area contributed by atoms with Crippen LogP contribution in [0.15, 0.2) is 4.99 Å². The molecule has 20 heavy (non-hydrogen) atoms. The summed E-state index contributed by atoms with van der Waals surface area (Å²) >= 11 is 0. The van der Waals surface area contributed by atoms with Gasteiger partial charge in [0.1, 0.15) is 0 Å². The second kappa shape index (κ2) is 7.80. The highest BCUT2D eigenvalue weighted by atomic mass is 32.2. The van der Waals surface area contributed by atoms with Crippen molar-refractivity contribution >= 4 is 16.0 Å². The number of hydrogen-bond acceptors (Lipinski definition) is 4. The molecule has 1 heterocycles. The van der Waals surface area contributed by atoms with Crippen molar-refractivity contribution in [3.8, 4) is 0 Å². The number of sulfonamides is 1. The SMILES string of the molecule is COCC(C)NC(N)=NCC1CCCCN1S(C)(=O)=O. The van der Waals surface area contributed by atoms with Gasteiger partial charge in [-0.2, -0.15) is 4.31 Å². The van der Waals surface area contributed by atoms with Gasteiger partial charge in [0.05, 0.1) is 19.4 Å². The summed E-state index contributed by atoms with van der Waals surface area (Å²) in [4.78, 5) is 4.26. The summed E-state index contributed by atoms with van der Waals surface area (Å²) < 4.78 is 30.0. The van der Waals surface area contributed by atoms with E-state index in [-0.39, 0.29) is 12.1 Å². The monoisotopic (exact) mass is 306 g/mol. The van der Waals surface area contributed by atoms with Crippen LogP contribution in [-0.4, -0.2) is 63.8 Å². The molecule has 118 valence electrons. The van der Waals surface area contributed by atoms with Gasteiger partial charge in [-0.05, 0) is 19.8 Å². The zero-order chi connectivity index (χ0) is 15.2. The Morgan fingerprint density at radius 1 is 1.55 bits per heavy atom. The van der Waals surface area contributed by atoms with E-state index in [4.69, 9.17) is 10.5 Å². The molecule has 8 heteroatoms. The first-order chi connectivity index (χ1) is 9.34. The fraction of sp³-hybridized carbons (Fsp3) is 0.917. The molecule has 1 aliphatic rings. The van der Waals surface area contributed by atoms with Crippen molar-refractivity contribution in [2.75, 3.05) is 33.1 Å². The number of nitrogens with one attached hydrogen (secondary N) is 1. The molecule has 0 radical (unpaired) electrons. The third kappa shape index (κ3) is 5.64. The maximum atomic E-state index is 11.7. The Balaban J connectivity index is 2.57. The largest absolute Gasteiger partial charge is 0.383 e. The van der Waals surface area contributed by atoms with Crippen LogP contribution >= 0.6 is 0 Å². The first-order valence-corrected chi connectivity index (χ1v) is 8.71. The van der Waals surface area contributed by atoms with Crippen LogP contribution in [0.25, 0.3) is 0 Å². The molecule has 7 nitrogen and oxygen atoms in total. The van der Waals surface area contributed by atoms with E-state index in [0.717, 1.165) is 19.3 Å². The molecular weight excluding hydrogens is 280 g/mol. The lowest BCUT2D eigenvalue weighted by Crippen LogP contribution is -2.46. The minimum atomic E-state index is -3.17. The van der Waals surface area contributed by atoms with Gasteiger partial charge in [-0.15, -0.1) is 0 Å². The number of piperidine rings is 1. The quantitative estimate of drug-likeness (QED) is 0.520. The first kappa shape index (κ1) is 17.2. The number of aliphatic imine (C=N–C) groups is 1. The molecule has 0 saturated carbocycles. The highest BCUT2D eigenvalue weighted by Crippen LogP contribution is 2.19. The molecule has 1 saturated heterocycles. The van der Waals surface area contributed by atoms with Crippen LogP contribution in [0.1, 0.15) is 26.2 Å². The van der Waals surface area contributed by atoms with Gasteiger partial charge in [0.2, 0.25) is 10.0 Å². The number of hydrogen-bond donors (Lipinski definition) is 2. The second-order valence-electron chi connectivity index (χ2n) is 5.25. The molecule has 1 rings (SSSR count). The normalized spacial score (nSPS) is 23.6. The van der Waals surface area contributed by atoms with Crippen molar-refractivity contribution in [1.29, 1.82) is 0 Å². The predicted octanol–water partition coefficient (Wildman–Crippen LogP) is -0.260. The summed E-state index contributed by atoms with van der Waals surface area (Å²) in [6.07, 6.45) is 4.01. The second-order valence-corrected chi connectivity index (χ2v) is 7.19. The van der Waals surface area contributed by atoms with Crippen molar-refractivity contribution in [1.82, 2.24) is 9.62 Å². The van der Waals surface area contributed by atoms with Gasteiger partial charge in [-0.25, -0.2) is 8.42 Å². The summed E-state index contributed by atoms with van der Waals surface area (Å²) in [7, 11) is -1.55. The third-order valence-electron chi connectivity index (χ3n) is 3.28. The molecule has 0 aliphatic carbocycles. The van der Waals surface area contributed by atoms with E-state index in [1.807, 2.05) is 6.92 Å². The zero-order valence-electron chi connectivity index (χ0n) is 12.5. The van der Waals surface area contributed by atoms with Gasteiger partial charge < -0.3 is 15.8 Å². The van der Waals surface area contributed by atoms with Crippen LogP contribution in [0, 0.1) is 0 Å². The van der Waals surface area contributed by atoms with Crippen LogP contribution in [0.5, 0.6) is 0 Å². The molecule has 3 N–H and O–H groups in total. The Labute approximate surface area is 121 Å². The molecule has 0 aromatic carbocycles. The van der Waals surface area contributed by atoms with E-state index in [1.165, 1.54) is 10.6 Å². The lowest BCUT2D eigenvalue weighted by atomic mass is 10.1. The zero-order valence-corrected chi connectivity index (χ0v) is 13.3. The number of nitrogens with two attached hydrogens (primary N) is 1. The molecule has 0 amide bonds. The molecule has 2 atom stereocenters. The van der Waals surface area contributed by atoms with Gasteiger partial charge in [-0.1, -0.05) is 6.42 Å². The topological polar surface area (TPSA) is 97.0 Å². The molecule has 1 fully saturated rings. The standard InChI is InChI=1S/C12H26N4O3S/c1-10(9-19-2)15-12(13)14-8-11-6-4-5-7-16(11)20(3,17)18/h10-11H,4-9H2,1-3H3,(H3,13,14,15). The van der Waals surface area contributed by atoms with Gasteiger partial charge in [0.15, 0.2) is 5.96 Å². The maximum absolute atomic E-state index is 11.7. The maximum Gasteiger partial charge on any atom is 0.211 e. The summed E-state index contributed by atoms with van der Waals surface area (Å²) in [6, 6.07) is -0.0158. The number of rotatable bonds is 6. The molecule has 2 unspecified atom stereocenters. The minimum absolute atomic E-state index is 0.0705. The van der Waals surface area contributed by atoms with E-state index >= 15 is 0 Å². The van der Waals surface area contributed by atoms with Crippen molar-refractivity contribution in [3.63, 3.8) is 0 Å². The van der Waals surface area contributed by atoms with Gasteiger partial charge in [0.25, 0.3) is 0 Å². The van der Waals surface area contributed by atoms with Crippen LogP contribution in [0.2, 0.25) is 0 Å². The Morgan fingerprint density at radius 2 is 2.25 bits per heavy atom. The van der Waals surface area contributed by atoms with Crippen LogP contribution in [0.3, 0.4) is 0 Å². The van der Waals surface area contributed by atoms with Crippen molar-refractivity contribution < 1.29 is 13.2 Å². The average Bonchev–Trinajstić information content (AvgIpc) is 2.36. The fourth-order valence-corrected chi connectivity index (χ4v) is 3.56. The molecule has 0 spiro atoms. The van der Waals surface area contributed by atoms with Crippen molar-refractivity contribution in [3.05, 3.63) is 0 Å². The molecule has 0 aromatic rings. The van der Waals surface area contributed by atoms with Gasteiger partial charge >= 0.3 is 0 Å². The van der Waals surface area contributed by atoms with E-state index in [9.17, 15) is 8.42 Å². The van der Waals surface area contributed by atoms with Crippen LogP contribution in [-0.2, 0) is 14.8 Å². The highest BCUT2D eigenvalue weighted by Gasteiger charge is 2.28. The summed E-state index contributed by atoms with van der Waals surface area (Å²) in [5.74, 6) is 0.327. The minimum Gasteiger partial charge on any atom is -0.383 e. The van der Waals surface area contributed by atoms with E-state index in [2.05, 4.69) is 10.3 Å². The molecule has 1 aliphatic heterocycles. The third-order valence-corrected chi connectivity index (χ3v) is 4.62. The smallest absolute Gasteiger partial charge is 0.211 e. The predicted molar refractivity (Wildman–Crippen MR) is 80.2 cm³/mol. The van der Waals surface area contributed by atoms with Crippen LogP contribution in [0.4, 0.5) is 0 Å². The highest BCUT2D eigenvalue weighted by molar-refractivity contribution is 7.88. The molecular formula is C12H26N4O3S. The van der Waals surface area contributed by atoms with Gasteiger partial charge in [0, 0.05) is 25.7 Å². The van der Waals surface area contributed by atoms with Crippen molar-refractivity contribution in [2.24, 2.45) is 10.7 Å². The number of methoxy groups -OCH3 is 1. The van der Waals surface area contributed by atoms with E-state index in [1.54, 1.807) is 7.11 Å². The number of nitrogens with zero attached hydrogens (tertiary/aromatic N) is 2. The average molecular weight is 306 g/mol. The fourth-order valence-electron chi connectivity index (χ4n) is 2.39. The van der Waals surface area contributed by atoms with Gasteiger partial charge in [-0.3, -0.25) is 4.99 Å². The Hall–Kier alpha value is -0.860. The summed E-state index contributed by atoms with van der Waals surface area (Å²) in [5.41, 5.74) is 5.79. The molecule has 0 aromatic heterocycles. The first-order valence-electron chi connectivity index (χ1n) is 6.86. The Kier molecular flexibility index (Phi) is 6.70. The van der Waals surface area contributed by atoms with E-state index < -0.39 is 10.0 Å². The number of guanidine groups is 1. The summed E-state index contributed by atoms with van der Waals surface area (Å²) in [5, 5.41) is 3.01. The molecule has 0 bridgehead atoms. The number of ether oxygens (including phenoxy) is 1.